The van der Waals surface area contributed by atoms with E-state index >= 15 is 0 Å². The number of rotatable bonds is 7. The van der Waals surface area contributed by atoms with E-state index < -0.39 is 0 Å². The van der Waals surface area contributed by atoms with Gasteiger partial charge in [0.05, 0.1) is 27.7 Å². The SMILES string of the molecule is CCNC(=NCCCc1nc2ccccc2s1)N1CCC(C(=O)OCC)CC1.I. The molecular weight excluding hydrogens is 499 g/mol. The normalized spacial score (nSPS) is 15.2. The molecular formula is C21H31IN4O2S. The molecule has 0 radical (unpaired) electrons. The Morgan fingerprint density at radius 3 is 2.76 bits per heavy atom. The zero-order chi connectivity index (χ0) is 19.8. The number of para-hydroxylation sites is 1. The van der Waals surface area contributed by atoms with Gasteiger partial charge >= 0.3 is 5.97 Å². The largest absolute Gasteiger partial charge is 0.466 e. The summed E-state index contributed by atoms with van der Waals surface area (Å²) in [6.45, 7) is 7.70. The van der Waals surface area contributed by atoms with Gasteiger partial charge in [-0.3, -0.25) is 9.79 Å². The topological polar surface area (TPSA) is 66.8 Å². The lowest BCUT2D eigenvalue weighted by Crippen LogP contribution is -2.46. The maximum absolute atomic E-state index is 11.9. The number of carbonyl (C=O) groups excluding carboxylic acids is 1. The van der Waals surface area contributed by atoms with Crippen LogP contribution in [0.5, 0.6) is 0 Å². The molecule has 29 heavy (non-hydrogen) atoms. The zero-order valence-corrected chi connectivity index (χ0v) is 20.4. The Bertz CT molecular complexity index is 770. The summed E-state index contributed by atoms with van der Waals surface area (Å²) < 4.78 is 6.41. The Morgan fingerprint density at radius 2 is 2.07 bits per heavy atom. The maximum atomic E-state index is 11.9. The van der Waals surface area contributed by atoms with Gasteiger partial charge in [-0.1, -0.05) is 12.1 Å². The van der Waals surface area contributed by atoms with Crippen LogP contribution in [0.3, 0.4) is 0 Å². The molecule has 0 amide bonds. The predicted octanol–water partition coefficient (Wildman–Crippen LogP) is 4.09. The third-order valence-electron chi connectivity index (χ3n) is 4.90. The summed E-state index contributed by atoms with van der Waals surface area (Å²) >= 11 is 1.77. The lowest BCUT2D eigenvalue weighted by molar-refractivity contribution is -0.149. The molecule has 0 saturated carbocycles. The van der Waals surface area contributed by atoms with Crippen LogP contribution in [0.25, 0.3) is 10.2 Å². The van der Waals surface area contributed by atoms with Crippen LogP contribution in [0.4, 0.5) is 0 Å². The number of guanidine groups is 1. The number of esters is 1. The number of hydrogen-bond donors (Lipinski definition) is 1. The standard InChI is InChI=1S/C21H30N4O2S.HI/c1-3-22-21(25-14-11-16(12-15-25)20(26)27-4-2)23-13-7-10-19-24-17-8-5-6-9-18(17)28-19;/h5-6,8-9,16H,3-4,7,10-15H2,1-2H3,(H,22,23);1H. The number of hydrogen-bond acceptors (Lipinski definition) is 5. The number of nitrogens with zero attached hydrogens (tertiary/aromatic N) is 3. The van der Waals surface area contributed by atoms with Gasteiger partial charge in [0, 0.05) is 32.6 Å². The highest BCUT2D eigenvalue weighted by Crippen LogP contribution is 2.22. The fraction of sp³-hybridized carbons (Fsp3) is 0.571. The third kappa shape index (κ3) is 6.80. The van der Waals surface area contributed by atoms with Crippen molar-refractivity contribution in [2.75, 3.05) is 32.8 Å². The molecule has 2 heterocycles. The van der Waals surface area contributed by atoms with Crippen molar-refractivity contribution in [1.29, 1.82) is 0 Å². The summed E-state index contributed by atoms with van der Waals surface area (Å²) in [4.78, 5) is 23.7. The summed E-state index contributed by atoms with van der Waals surface area (Å²) in [5.74, 6) is 0.923. The second-order valence-corrected chi connectivity index (χ2v) is 8.04. The molecule has 1 fully saturated rings. The first-order valence-corrected chi connectivity index (χ1v) is 11.1. The average Bonchev–Trinajstić information content (AvgIpc) is 3.13. The number of ether oxygens (including phenoxy) is 1. The van der Waals surface area contributed by atoms with E-state index in [1.807, 2.05) is 13.0 Å². The van der Waals surface area contributed by atoms with Crippen LogP contribution in [-0.4, -0.2) is 54.6 Å². The first kappa shape index (κ1) is 23.9. The van der Waals surface area contributed by atoms with Gasteiger partial charge in [-0.2, -0.15) is 0 Å². The Balaban J connectivity index is 0.00000300. The monoisotopic (exact) mass is 530 g/mol. The smallest absolute Gasteiger partial charge is 0.309 e. The maximum Gasteiger partial charge on any atom is 0.309 e. The van der Waals surface area contributed by atoms with Crippen molar-refractivity contribution in [2.45, 2.75) is 39.5 Å². The molecule has 1 aliphatic heterocycles. The lowest BCUT2D eigenvalue weighted by atomic mass is 9.97. The van der Waals surface area contributed by atoms with Gasteiger partial charge in [0.25, 0.3) is 0 Å². The number of aryl methyl sites for hydroxylation is 1. The summed E-state index contributed by atoms with van der Waals surface area (Å²) in [6, 6.07) is 8.28. The molecule has 0 aliphatic carbocycles. The molecule has 1 aliphatic rings. The first-order chi connectivity index (χ1) is 13.7. The zero-order valence-electron chi connectivity index (χ0n) is 17.2. The van der Waals surface area contributed by atoms with Crippen molar-refractivity contribution >= 4 is 57.5 Å². The molecule has 2 aromatic rings. The molecule has 1 aromatic heterocycles. The van der Waals surface area contributed by atoms with Crippen molar-refractivity contribution in [3.05, 3.63) is 29.3 Å². The van der Waals surface area contributed by atoms with Gasteiger partial charge in [0.15, 0.2) is 5.96 Å². The van der Waals surface area contributed by atoms with E-state index in [1.54, 1.807) is 11.3 Å². The van der Waals surface area contributed by atoms with E-state index in [-0.39, 0.29) is 35.9 Å². The molecule has 8 heteroatoms. The van der Waals surface area contributed by atoms with Crippen LogP contribution in [0.2, 0.25) is 0 Å². The first-order valence-electron chi connectivity index (χ1n) is 10.3. The highest BCUT2D eigenvalue weighted by atomic mass is 127. The Morgan fingerprint density at radius 1 is 1.31 bits per heavy atom. The lowest BCUT2D eigenvalue weighted by Gasteiger charge is -2.33. The number of benzene rings is 1. The van der Waals surface area contributed by atoms with Gasteiger partial charge in [-0.15, -0.1) is 35.3 Å². The van der Waals surface area contributed by atoms with E-state index in [1.165, 1.54) is 9.71 Å². The van der Waals surface area contributed by atoms with Crippen LogP contribution in [0, 0.1) is 5.92 Å². The molecule has 1 aromatic carbocycles. The number of thiazole rings is 1. The van der Waals surface area contributed by atoms with Crippen molar-refractivity contribution in [3.8, 4) is 0 Å². The van der Waals surface area contributed by atoms with Gasteiger partial charge in [0.2, 0.25) is 0 Å². The minimum absolute atomic E-state index is 0. The Hall–Kier alpha value is -1.42. The number of aliphatic imine (C=N–C) groups is 1. The molecule has 0 spiro atoms. The third-order valence-corrected chi connectivity index (χ3v) is 5.99. The van der Waals surface area contributed by atoms with Crippen LogP contribution in [0.15, 0.2) is 29.3 Å². The van der Waals surface area contributed by atoms with Crippen LogP contribution < -0.4 is 5.32 Å². The predicted molar refractivity (Wildman–Crippen MR) is 130 cm³/mol. The number of halogens is 1. The molecule has 3 rings (SSSR count). The van der Waals surface area contributed by atoms with Crippen LogP contribution in [0.1, 0.15) is 38.1 Å². The van der Waals surface area contributed by atoms with E-state index in [0.717, 1.165) is 63.3 Å². The number of nitrogens with one attached hydrogen (secondary N) is 1. The Labute approximate surface area is 194 Å². The van der Waals surface area contributed by atoms with Crippen molar-refractivity contribution in [2.24, 2.45) is 10.9 Å². The number of fused-ring (bicyclic) bond motifs is 1. The quantitative estimate of drug-likeness (QED) is 0.192. The highest BCUT2D eigenvalue weighted by molar-refractivity contribution is 14.0. The molecule has 6 nitrogen and oxygen atoms in total. The number of aromatic nitrogens is 1. The molecule has 0 bridgehead atoms. The summed E-state index contributed by atoms with van der Waals surface area (Å²) in [5, 5.41) is 4.57. The molecule has 0 unspecified atom stereocenters. The van der Waals surface area contributed by atoms with Gasteiger partial charge in [-0.05, 0) is 45.2 Å². The van der Waals surface area contributed by atoms with E-state index in [4.69, 9.17) is 14.7 Å². The molecule has 0 atom stereocenters. The van der Waals surface area contributed by atoms with Crippen LogP contribution in [-0.2, 0) is 16.0 Å². The molecule has 1 saturated heterocycles. The minimum Gasteiger partial charge on any atom is -0.466 e. The molecule has 1 N–H and O–H groups in total. The average molecular weight is 530 g/mol. The van der Waals surface area contributed by atoms with Crippen molar-refractivity contribution in [1.82, 2.24) is 15.2 Å². The second-order valence-electron chi connectivity index (χ2n) is 6.93. The summed E-state index contributed by atoms with van der Waals surface area (Å²) in [5.41, 5.74) is 1.09. The van der Waals surface area contributed by atoms with Crippen molar-refractivity contribution in [3.63, 3.8) is 0 Å². The number of likely N-dealkylation sites (tertiary alicyclic amines) is 1. The van der Waals surface area contributed by atoms with Gasteiger partial charge in [0.1, 0.15) is 0 Å². The Kier molecular flexibility index (Phi) is 10.1. The number of piperidine rings is 1. The highest BCUT2D eigenvalue weighted by Gasteiger charge is 2.27. The van der Waals surface area contributed by atoms with E-state index in [0.29, 0.717) is 6.61 Å². The van der Waals surface area contributed by atoms with E-state index in [2.05, 4.69) is 35.3 Å². The fourth-order valence-electron chi connectivity index (χ4n) is 3.46. The minimum atomic E-state index is -0.0556. The van der Waals surface area contributed by atoms with Gasteiger partial charge in [-0.25, -0.2) is 4.98 Å². The van der Waals surface area contributed by atoms with Crippen LogP contribution >= 0.6 is 35.3 Å². The van der Waals surface area contributed by atoms with Crippen molar-refractivity contribution < 1.29 is 9.53 Å². The van der Waals surface area contributed by atoms with E-state index in [9.17, 15) is 4.79 Å². The summed E-state index contributed by atoms with van der Waals surface area (Å²) in [6.07, 6.45) is 3.59. The number of carbonyl (C=O) groups is 1. The fourth-order valence-corrected chi connectivity index (χ4v) is 4.46. The molecule has 160 valence electrons. The van der Waals surface area contributed by atoms with Gasteiger partial charge < -0.3 is 15.0 Å². The second kappa shape index (κ2) is 12.3. The summed E-state index contributed by atoms with van der Waals surface area (Å²) in [7, 11) is 0.